The molecule has 2 aromatic carbocycles. The Morgan fingerprint density at radius 3 is 2.48 bits per heavy atom. The molecular formula is C14H11F3N2O2. The fourth-order valence-corrected chi connectivity index (χ4v) is 1.84. The molecule has 2 aromatic rings. The zero-order valence-corrected chi connectivity index (χ0v) is 11.0. The van der Waals surface area contributed by atoms with Crippen molar-refractivity contribution in [3.8, 4) is 0 Å². The van der Waals surface area contributed by atoms with Crippen molar-refractivity contribution in [3.63, 3.8) is 0 Å². The highest BCUT2D eigenvalue weighted by Gasteiger charge is 2.18. The number of benzene rings is 2. The number of nitrogens with zero attached hydrogens (tertiary/aromatic N) is 1. The molecule has 21 heavy (non-hydrogen) atoms. The minimum Gasteiger partial charge on any atom is -0.378 e. The summed E-state index contributed by atoms with van der Waals surface area (Å²) >= 11 is 0. The third kappa shape index (κ3) is 3.31. The molecule has 2 rings (SSSR count). The van der Waals surface area contributed by atoms with Gasteiger partial charge in [-0.2, -0.15) is 4.39 Å². The van der Waals surface area contributed by atoms with Crippen LogP contribution in [0.3, 0.4) is 0 Å². The van der Waals surface area contributed by atoms with Gasteiger partial charge in [-0.05, 0) is 13.0 Å². The van der Waals surface area contributed by atoms with Gasteiger partial charge in [0.25, 0.3) is 0 Å². The average molecular weight is 296 g/mol. The van der Waals surface area contributed by atoms with Crippen LogP contribution in [0.2, 0.25) is 0 Å². The molecule has 0 radical (unpaired) electrons. The van der Waals surface area contributed by atoms with Gasteiger partial charge in [-0.15, -0.1) is 0 Å². The molecule has 0 aliphatic heterocycles. The molecule has 0 atom stereocenters. The summed E-state index contributed by atoms with van der Waals surface area (Å²) in [5.74, 6) is -2.72. The van der Waals surface area contributed by atoms with E-state index >= 15 is 0 Å². The summed E-state index contributed by atoms with van der Waals surface area (Å²) in [6.45, 7) is 1.69. The maximum atomic E-state index is 13.6. The van der Waals surface area contributed by atoms with Crippen molar-refractivity contribution in [2.75, 3.05) is 5.32 Å². The van der Waals surface area contributed by atoms with Crippen LogP contribution in [-0.4, -0.2) is 4.92 Å². The monoisotopic (exact) mass is 296 g/mol. The van der Waals surface area contributed by atoms with E-state index in [1.807, 2.05) is 0 Å². The predicted molar refractivity (Wildman–Crippen MR) is 71.5 cm³/mol. The van der Waals surface area contributed by atoms with E-state index in [2.05, 4.69) is 5.32 Å². The predicted octanol–water partition coefficient (Wildman–Crippen LogP) is 3.93. The molecule has 1 N–H and O–H groups in total. The van der Waals surface area contributed by atoms with Crippen LogP contribution in [0.5, 0.6) is 0 Å². The summed E-state index contributed by atoms with van der Waals surface area (Å²) in [6, 6.07) is 5.60. The first-order valence-corrected chi connectivity index (χ1v) is 6.01. The summed E-state index contributed by atoms with van der Waals surface area (Å²) in [7, 11) is 0. The van der Waals surface area contributed by atoms with Gasteiger partial charge in [0.15, 0.2) is 0 Å². The number of aryl methyl sites for hydroxylation is 1. The molecule has 0 aliphatic carbocycles. The zero-order chi connectivity index (χ0) is 15.6. The van der Waals surface area contributed by atoms with Gasteiger partial charge in [-0.25, -0.2) is 8.78 Å². The van der Waals surface area contributed by atoms with Crippen LogP contribution in [0.25, 0.3) is 0 Å². The minimum atomic E-state index is -1.26. The molecule has 0 fully saturated rings. The lowest BCUT2D eigenvalue weighted by atomic mass is 10.1. The van der Waals surface area contributed by atoms with Crippen LogP contribution in [0, 0.1) is 34.5 Å². The SMILES string of the molecule is Cc1ccc(F)c(CNc2cc([N+](=O)[O-])c(F)cc2F)c1. The summed E-state index contributed by atoms with van der Waals surface area (Å²) in [4.78, 5) is 9.66. The highest BCUT2D eigenvalue weighted by molar-refractivity contribution is 5.53. The van der Waals surface area contributed by atoms with Crippen molar-refractivity contribution >= 4 is 11.4 Å². The maximum absolute atomic E-state index is 13.6. The van der Waals surface area contributed by atoms with E-state index in [9.17, 15) is 23.3 Å². The molecule has 0 unspecified atom stereocenters. The maximum Gasteiger partial charge on any atom is 0.307 e. The van der Waals surface area contributed by atoms with E-state index in [1.165, 1.54) is 6.07 Å². The molecule has 110 valence electrons. The average Bonchev–Trinajstić information content (AvgIpc) is 2.41. The van der Waals surface area contributed by atoms with E-state index in [0.29, 0.717) is 6.07 Å². The quantitative estimate of drug-likeness (QED) is 0.687. The van der Waals surface area contributed by atoms with Crippen LogP contribution in [0.1, 0.15) is 11.1 Å². The molecule has 0 saturated carbocycles. The molecule has 0 spiro atoms. The number of hydrogen-bond acceptors (Lipinski definition) is 3. The third-order valence-electron chi connectivity index (χ3n) is 2.90. The van der Waals surface area contributed by atoms with Gasteiger partial charge in [0.2, 0.25) is 5.82 Å². The second kappa shape index (κ2) is 5.82. The topological polar surface area (TPSA) is 55.2 Å². The molecule has 0 heterocycles. The molecular weight excluding hydrogens is 285 g/mol. The van der Waals surface area contributed by atoms with Gasteiger partial charge < -0.3 is 5.32 Å². The van der Waals surface area contributed by atoms with Gasteiger partial charge in [-0.1, -0.05) is 17.7 Å². The lowest BCUT2D eigenvalue weighted by Crippen LogP contribution is -2.05. The highest BCUT2D eigenvalue weighted by atomic mass is 19.1. The van der Waals surface area contributed by atoms with Gasteiger partial charge >= 0.3 is 5.69 Å². The highest BCUT2D eigenvalue weighted by Crippen LogP contribution is 2.25. The van der Waals surface area contributed by atoms with Gasteiger partial charge in [-0.3, -0.25) is 10.1 Å². The standard InChI is InChI=1S/C14H11F3N2O2/c1-8-2-3-10(15)9(4-8)7-18-13-6-14(19(20)21)12(17)5-11(13)16/h2-6,18H,7H2,1H3. The second-order valence-corrected chi connectivity index (χ2v) is 4.49. The Hall–Kier alpha value is -2.57. The fourth-order valence-electron chi connectivity index (χ4n) is 1.84. The Bertz CT molecular complexity index is 705. The molecule has 0 aliphatic rings. The van der Waals surface area contributed by atoms with Gasteiger partial charge in [0, 0.05) is 24.2 Å². The first-order valence-electron chi connectivity index (χ1n) is 6.01. The molecule has 7 heteroatoms. The molecule has 0 saturated heterocycles. The Morgan fingerprint density at radius 1 is 1.10 bits per heavy atom. The van der Waals surface area contributed by atoms with E-state index in [-0.39, 0.29) is 17.8 Å². The van der Waals surface area contributed by atoms with Crippen molar-refractivity contribution in [1.82, 2.24) is 0 Å². The number of hydrogen-bond donors (Lipinski definition) is 1. The minimum absolute atomic E-state index is 0.0762. The van der Waals surface area contributed by atoms with Crippen molar-refractivity contribution in [2.45, 2.75) is 13.5 Å². The number of nitrogens with one attached hydrogen (secondary N) is 1. The lowest BCUT2D eigenvalue weighted by Gasteiger charge is -2.09. The van der Waals surface area contributed by atoms with E-state index in [4.69, 9.17) is 0 Å². The van der Waals surface area contributed by atoms with Crippen LogP contribution in [0.15, 0.2) is 30.3 Å². The van der Waals surface area contributed by atoms with Gasteiger partial charge in [0.1, 0.15) is 11.6 Å². The van der Waals surface area contributed by atoms with Crippen molar-refractivity contribution in [2.24, 2.45) is 0 Å². The number of nitro groups is 1. The normalized spacial score (nSPS) is 10.5. The summed E-state index contributed by atoms with van der Waals surface area (Å²) in [6.07, 6.45) is 0. The number of nitro benzene ring substituents is 1. The van der Waals surface area contributed by atoms with Crippen molar-refractivity contribution in [3.05, 3.63) is 69.0 Å². The lowest BCUT2D eigenvalue weighted by molar-refractivity contribution is -0.387. The Morgan fingerprint density at radius 2 is 1.81 bits per heavy atom. The largest absolute Gasteiger partial charge is 0.378 e. The van der Waals surface area contributed by atoms with Crippen LogP contribution in [-0.2, 0) is 6.54 Å². The summed E-state index contributed by atoms with van der Waals surface area (Å²) < 4.78 is 40.3. The van der Waals surface area contributed by atoms with Crippen LogP contribution < -0.4 is 5.32 Å². The number of anilines is 1. The first-order chi connectivity index (χ1) is 9.88. The molecule has 4 nitrogen and oxygen atoms in total. The number of halogens is 3. The Balaban J connectivity index is 2.25. The van der Waals surface area contributed by atoms with Crippen LogP contribution >= 0.6 is 0 Å². The molecule has 0 aromatic heterocycles. The zero-order valence-electron chi connectivity index (χ0n) is 11.0. The number of rotatable bonds is 4. The van der Waals surface area contributed by atoms with E-state index < -0.39 is 28.1 Å². The van der Waals surface area contributed by atoms with Gasteiger partial charge in [0.05, 0.1) is 10.6 Å². The third-order valence-corrected chi connectivity index (χ3v) is 2.90. The molecule has 0 bridgehead atoms. The molecule has 0 amide bonds. The summed E-state index contributed by atoms with van der Waals surface area (Å²) in [5, 5.41) is 13.1. The van der Waals surface area contributed by atoms with E-state index in [1.54, 1.807) is 19.1 Å². The Kier molecular flexibility index (Phi) is 4.11. The Labute approximate surface area is 118 Å². The summed E-state index contributed by atoms with van der Waals surface area (Å²) in [5.41, 5.74) is -0.00671. The van der Waals surface area contributed by atoms with E-state index in [0.717, 1.165) is 11.6 Å². The van der Waals surface area contributed by atoms with Crippen molar-refractivity contribution < 1.29 is 18.1 Å². The van der Waals surface area contributed by atoms with Crippen LogP contribution in [0.4, 0.5) is 24.5 Å². The van der Waals surface area contributed by atoms with Crippen molar-refractivity contribution in [1.29, 1.82) is 0 Å². The first kappa shape index (κ1) is 14.8. The second-order valence-electron chi connectivity index (χ2n) is 4.49. The fraction of sp³-hybridized carbons (Fsp3) is 0.143. The smallest absolute Gasteiger partial charge is 0.307 e.